The van der Waals surface area contributed by atoms with Gasteiger partial charge >= 0.3 is 17.9 Å². The molecule has 0 bridgehead atoms. The summed E-state index contributed by atoms with van der Waals surface area (Å²) in [7, 11) is 0. The van der Waals surface area contributed by atoms with Crippen LogP contribution in [-0.2, 0) is 28.6 Å². The lowest BCUT2D eigenvalue weighted by Gasteiger charge is -2.18. The SMILES string of the molecule is CCCCCCCCCCCCCCCCCCC(=O)OC[C@@H](COC(=O)CCCCCCCCCCCCCCCCC)OC(=O)CCCCCCCCCCCCCCCCC(C)C. The van der Waals surface area contributed by atoms with Gasteiger partial charge in [0.1, 0.15) is 13.2 Å². The third-order valence-corrected chi connectivity index (χ3v) is 13.8. The van der Waals surface area contributed by atoms with E-state index in [1.807, 2.05) is 0 Å². The number of rotatable bonds is 55. The largest absolute Gasteiger partial charge is 0.462 e. The van der Waals surface area contributed by atoms with Crippen LogP contribution in [0.3, 0.4) is 0 Å². The van der Waals surface area contributed by atoms with E-state index in [9.17, 15) is 14.4 Å². The van der Waals surface area contributed by atoms with E-state index in [1.165, 1.54) is 238 Å². The fraction of sp³-hybridized carbons (Fsp3) is 0.950. The van der Waals surface area contributed by atoms with Gasteiger partial charge in [-0.25, -0.2) is 0 Å². The molecule has 0 aliphatic heterocycles. The average Bonchev–Trinajstić information content (AvgIpc) is 3.30. The highest BCUT2D eigenvalue weighted by molar-refractivity contribution is 5.71. The summed E-state index contributed by atoms with van der Waals surface area (Å²) < 4.78 is 16.9. The molecule has 0 heterocycles. The standard InChI is InChI=1S/C60H116O6/c1-5-7-9-11-13-15-17-19-21-23-28-32-36-40-44-48-52-59(62)65-55-57(54-64-58(61)51-47-43-39-35-31-27-22-20-18-16-14-12-10-8-6-2)66-60(63)53-49-45-41-37-33-29-25-24-26-30-34-38-42-46-50-56(3)4/h56-57H,5-55H2,1-4H3/t57-/m1/s1. The van der Waals surface area contributed by atoms with Gasteiger partial charge in [0.05, 0.1) is 0 Å². The molecule has 0 spiro atoms. The summed E-state index contributed by atoms with van der Waals surface area (Å²) in [6.45, 7) is 9.08. The molecule has 0 aliphatic carbocycles. The molecule has 0 saturated carbocycles. The molecule has 0 aromatic rings. The highest BCUT2D eigenvalue weighted by atomic mass is 16.6. The van der Waals surface area contributed by atoms with Crippen LogP contribution in [0.15, 0.2) is 0 Å². The highest BCUT2D eigenvalue weighted by Crippen LogP contribution is 2.18. The van der Waals surface area contributed by atoms with Gasteiger partial charge in [-0.1, -0.05) is 304 Å². The van der Waals surface area contributed by atoms with Crippen LogP contribution in [0.1, 0.15) is 342 Å². The van der Waals surface area contributed by atoms with E-state index in [2.05, 4.69) is 27.7 Å². The molecule has 6 nitrogen and oxygen atoms in total. The number of carbonyl (C=O) groups excluding carboxylic acids is 3. The number of hydrogen-bond acceptors (Lipinski definition) is 6. The van der Waals surface area contributed by atoms with Crippen molar-refractivity contribution in [3.63, 3.8) is 0 Å². The molecule has 0 amide bonds. The van der Waals surface area contributed by atoms with Gasteiger partial charge in [-0.2, -0.15) is 0 Å². The molecule has 0 unspecified atom stereocenters. The molecule has 0 rings (SSSR count). The maximum Gasteiger partial charge on any atom is 0.306 e. The molecule has 1 atom stereocenters. The molecule has 0 saturated heterocycles. The number of hydrogen-bond donors (Lipinski definition) is 0. The van der Waals surface area contributed by atoms with Gasteiger partial charge in [-0.05, 0) is 25.2 Å². The van der Waals surface area contributed by atoms with Crippen molar-refractivity contribution < 1.29 is 28.6 Å². The van der Waals surface area contributed by atoms with Gasteiger partial charge < -0.3 is 14.2 Å². The monoisotopic (exact) mass is 933 g/mol. The Labute approximate surface area is 412 Å². The smallest absolute Gasteiger partial charge is 0.306 e. The predicted molar refractivity (Wildman–Crippen MR) is 284 cm³/mol. The van der Waals surface area contributed by atoms with Crippen LogP contribution in [0.4, 0.5) is 0 Å². The van der Waals surface area contributed by atoms with E-state index in [0.29, 0.717) is 19.3 Å². The minimum atomic E-state index is -0.762. The lowest BCUT2D eigenvalue weighted by Crippen LogP contribution is -2.30. The molecule has 0 aromatic heterocycles. The van der Waals surface area contributed by atoms with Crippen LogP contribution in [0.2, 0.25) is 0 Å². The lowest BCUT2D eigenvalue weighted by molar-refractivity contribution is -0.167. The second kappa shape index (κ2) is 54.4. The van der Waals surface area contributed by atoms with Crippen molar-refractivity contribution in [3.05, 3.63) is 0 Å². The van der Waals surface area contributed by atoms with Crippen LogP contribution >= 0.6 is 0 Å². The highest BCUT2D eigenvalue weighted by Gasteiger charge is 2.19. The zero-order valence-electron chi connectivity index (χ0n) is 45.2. The van der Waals surface area contributed by atoms with Crippen molar-refractivity contribution in [3.8, 4) is 0 Å². The predicted octanol–water partition coefficient (Wildman–Crippen LogP) is 19.8. The second-order valence-corrected chi connectivity index (χ2v) is 21.1. The lowest BCUT2D eigenvalue weighted by atomic mass is 10.0. The normalized spacial score (nSPS) is 12.0. The number of ether oxygens (including phenoxy) is 3. The third kappa shape index (κ3) is 53.4. The Morgan fingerprint density at radius 2 is 0.500 bits per heavy atom. The first-order valence-corrected chi connectivity index (χ1v) is 29.9. The van der Waals surface area contributed by atoms with Crippen LogP contribution < -0.4 is 0 Å². The van der Waals surface area contributed by atoms with Crippen molar-refractivity contribution in [1.29, 1.82) is 0 Å². The Morgan fingerprint density at radius 3 is 0.742 bits per heavy atom. The second-order valence-electron chi connectivity index (χ2n) is 21.1. The summed E-state index contributed by atoms with van der Waals surface area (Å²) in [6.07, 6.45) is 59.5. The number of esters is 3. The summed E-state index contributed by atoms with van der Waals surface area (Å²) in [5.74, 6) is 0.0115. The van der Waals surface area contributed by atoms with E-state index in [0.717, 1.165) is 63.7 Å². The molecule has 392 valence electrons. The summed E-state index contributed by atoms with van der Waals surface area (Å²) >= 11 is 0. The molecule has 0 N–H and O–H groups in total. The maximum absolute atomic E-state index is 12.9. The van der Waals surface area contributed by atoms with Gasteiger partial charge in [-0.3, -0.25) is 14.4 Å². The minimum Gasteiger partial charge on any atom is -0.462 e. The van der Waals surface area contributed by atoms with Crippen molar-refractivity contribution in [2.45, 2.75) is 348 Å². The summed E-state index contributed by atoms with van der Waals surface area (Å²) in [5.41, 5.74) is 0. The van der Waals surface area contributed by atoms with Crippen LogP contribution in [0.5, 0.6) is 0 Å². The molecule has 0 aliphatic rings. The van der Waals surface area contributed by atoms with E-state index in [-0.39, 0.29) is 31.1 Å². The zero-order valence-corrected chi connectivity index (χ0v) is 45.2. The molecule has 0 aromatic carbocycles. The van der Waals surface area contributed by atoms with Crippen LogP contribution in [-0.4, -0.2) is 37.2 Å². The van der Waals surface area contributed by atoms with Gasteiger partial charge in [0.15, 0.2) is 6.10 Å². The van der Waals surface area contributed by atoms with Gasteiger partial charge in [0.25, 0.3) is 0 Å². The van der Waals surface area contributed by atoms with E-state index in [4.69, 9.17) is 14.2 Å². The summed E-state index contributed by atoms with van der Waals surface area (Å²) in [6, 6.07) is 0. The first kappa shape index (κ1) is 64.4. The quantitative estimate of drug-likeness (QED) is 0.0343. The van der Waals surface area contributed by atoms with Gasteiger partial charge in [0, 0.05) is 19.3 Å². The van der Waals surface area contributed by atoms with Crippen molar-refractivity contribution in [2.24, 2.45) is 5.92 Å². The summed E-state index contributed by atoms with van der Waals surface area (Å²) in [4.78, 5) is 38.2. The molecule has 0 radical (unpaired) electrons. The zero-order chi connectivity index (χ0) is 48.1. The Balaban J connectivity index is 4.30. The molecule has 6 heteroatoms. The Bertz CT molecular complexity index is 996. The fourth-order valence-electron chi connectivity index (χ4n) is 9.28. The van der Waals surface area contributed by atoms with Crippen molar-refractivity contribution >= 4 is 17.9 Å². The molecule has 66 heavy (non-hydrogen) atoms. The minimum absolute atomic E-state index is 0.0615. The molecular formula is C60H116O6. The van der Waals surface area contributed by atoms with E-state index < -0.39 is 6.10 Å². The van der Waals surface area contributed by atoms with Gasteiger partial charge in [0.2, 0.25) is 0 Å². The van der Waals surface area contributed by atoms with Crippen molar-refractivity contribution in [1.82, 2.24) is 0 Å². The fourth-order valence-corrected chi connectivity index (χ4v) is 9.28. The van der Waals surface area contributed by atoms with E-state index >= 15 is 0 Å². The topological polar surface area (TPSA) is 78.9 Å². The maximum atomic E-state index is 12.9. The average molecular weight is 934 g/mol. The number of carbonyl (C=O) groups is 3. The molecule has 0 fully saturated rings. The Morgan fingerprint density at radius 1 is 0.288 bits per heavy atom. The number of unbranched alkanes of at least 4 members (excludes halogenated alkanes) is 42. The molecular weight excluding hydrogens is 817 g/mol. The van der Waals surface area contributed by atoms with Crippen molar-refractivity contribution in [2.75, 3.05) is 13.2 Å². The Hall–Kier alpha value is -1.59. The van der Waals surface area contributed by atoms with Crippen LogP contribution in [0.25, 0.3) is 0 Å². The van der Waals surface area contributed by atoms with E-state index in [1.54, 1.807) is 0 Å². The first-order valence-electron chi connectivity index (χ1n) is 29.9. The summed E-state index contributed by atoms with van der Waals surface area (Å²) in [5, 5.41) is 0. The van der Waals surface area contributed by atoms with Gasteiger partial charge in [-0.15, -0.1) is 0 Å². The Kier molecular flexibility index (Phi) is 53.0. The third-order valence-electron chi connectivity index (χ3n) is 13.8. The van der Waals surface area contributed by atoms with Crippen LogP contribution in [0, 0.1) is 5.92 Å². The first-order chi connectivity index (χ1) is 32.4.